The molecule has 36 heavy (non-hydrogen) atoms. The van der Waals surface area contributed by atoms with Crippen LogP contribution in [-0.2, 0) is 18.3 Å². The normalized spacial score (nSPS) is 11.5. The number of hydrogen-bond donors (Lipinski definition) is 0. The van der Waals surface area contributed by atoms with Crippen molar-refractivity contribution in [1.82, 2.24) is 23.9 Å². The second kappa shape index (κ2) is 9.50. The molecular weight excluding hydrogens is 458 g/mol. The maximum Gasteiger partial charge on any atom is 0.333 e. The van der Waals surface area contributed by atoms with E-state index in [9.17, 15) is 4.79 Å². The van der Waals surface area contributed by atoms with Crippen molar-refractivity contribution in [3.63, 3.8) is 0 Å². The Labute approximate surface area is 208 Å². The predicted molar refractivity (Wildman–Crippen MR) is 139 cm³/mol. The van der Waals surface area contributed by atoms with Gasteiger partial charge in [-0.2, -0.15) is 5.10 Å². The number of benzene rings is 2. The van der Waals surface area contributed by atoms with Gasteiger partial charge in [0.15, 0.2) is 11.5 Å². The number of hydrogen-bond acceptors (Lipinski definition) is 6. The van der Waals surface area contributed by atoms with Crippen LogP contribution in [0.2, 0.25) is 0 Å². The van der Waals surface area contributed by atoms with Crippen LogP contribution >= 0.6 is 0 Å². The minimum Gasteiger partial charge on any atom is -0.493 e. The SMILES string of the molecule is CCn1cc(-n2c(=O)n(C)c3cnc4ccc(-c5ccc(OCCOC)c(OC)c5)cc4c32)c(C)n1. The fourth-order valence-corrected chi connectivity index (χ4v) is 4.49. The highest BCUT2D eigenvalue weighted by Gasteiger charge is 2.19. The first-order chi connectivity index (χ1) is 17.5. The van der Waals surface area contributed by atoms with Crippen LogP contribution in [-0.4, -0.2) is 51.3 Å². The number of aryl methyl sites for hydroxylation is 3. The van der Waals surface area contributed by atoms with Gasteiger partial charge in [0.25, 0.3) is 0 Å². The molecule has 0 aliphatic heterocycles. The molecule has 5 rings (SSSR count). The lowest BCUT2D eigenvalue weighted by Gasteiger charge is -2.13. The average Bonchev–Trinajstić information content (AvgIpc) is 3.39. The van der Waals surface area contributed by atoms with Crippen molar-refractivity contribution in [3.8, 4) is 28.3 Å². The minimum atomic E-state index is -0.136. The van der Waals surface area contributed by atoms with Crippen LogP contribution in [0.5, 0.6) is 11.5 Å². The highest BCUT2D eigenvalue weighted by atomic mass is 16.5. The molecule has 0 amide bonds. The molecule has 0 N–H and O–H groups in total. The summed E-state index contributed by atoms with van der Waals surface area (Å²) in [4.78, 5) is 18.0. The largest absolute Gasteiger partial charge is 0.493 e. The van der Waals surface area contributed by atoms with Crippen LogP contribution in [0.4, 0.5) is 0 Å². The number of pyridine rings is 1. The van der Waals surface area contributed by atoms with Gasteiger partial charge in [0.2, 0.25) is 0 Å². The third-order valence-electron chi connectivity index (χ3n) is 6.41. The van der Waals surface area contributed by atoms with Crippen LogP contribution in [0.15, 0.2) is 53.6 Å². The number of fused-ring (bicyclic) bond motifs is 3. The predicted octanol–water partition coefficient (Wildman–Crippen LogP) is 4.10. The molecule has 0 atom stereocenters. The van der Waals surface area contributed by atoms with E-state index in [1.54, 1.807) is 36.6 Å². The standard InChI is InChI=1S/C27H29N5O4/c1-6-31-16-23(17(2)29-31)32-26-20-13-18(7-9-21(20)28-15-22(26)30(3)27(32)33)19-8-10-24(25(14-19)35-5)36-12-11-34-4/h7-10,13-16H,6,11-12H2,1-5H3. The number of ether oxygens (including phenoxy) is 3. The number of methoxy groups -OCH3 is 2. The molecule has 0 spiro atoms. The molecule has 0 bridgehead atoms. The summed E-state index contributed by atoms with van der Waals surface area (Å²) in [5.41, 5.74) is 5.73. The van der Waals surface area contributed by atoms with Gasteiger partial charge in [0.05, 0.1) is 47.8 Å². The van der Waals surface area contributed by atoms with Crippen molar-refractivity contribution in [2.24, 2.45) is 7.05 Å². The Balaban J connectivity index is 1.70. The zero-order valence-electron chi connectivity index (χ0n) is 21.1. The van der Waals surface area contributed by atoms with Crippen molar-refractivity contribution in [3.05, 3.63) is 65.0 Å². The molecule has 0 fully saturated rings. The topological polar surface area (TPSA) is 85.3 Å². The summed E-state index contributed by atoms with van der Waals surface area (Å²) in [7, 11) is 5.03. The lowest BCUT2D eigenvalue weighted by molar-refractivity contribution is 0.144. The highest BCUT2D eigenvalue weighted by Crippen LogP contribution is 2.35. The molecule has 186 valence electrons. The van der Waals surface area contributed by atoms with Crippen molar-refractivity contribution < 1.29 is 14.2 Å². The first-order valence-electron chi connectivity index (χ1n) is 11.8. The van der Waals surface area contributed by atoms with E-state index < -0.39 is 0 Å². The molecule has 0 aliphatic rings. The summed E-state index contributed by atoms with van der Waals surface area (Å²) < 4.78 is 21.6. The van der Waals surface area contributed by atoms with Crippen molar-refractivity contribution in [1.29, 1.82) is 0 Å². The Morgan fingerprint density at radius 1 is 1.00 bits per heavy atom. The smallest absolute Gasteiger partial charge is 0.333 e. The first-order valence-corrected chi connectivity index (χ1v) is 11.8. The molecule has 0 unspecified atom stereocenters. The van der Waals surface area contributed by atoms with E-state index in [1.807, 2.05) is 55.1 Å². The molecule has 3 heterocycles. The van der Waals surface area contributed by atoms with Gasteiger partial charge in [-0.05, 0) is 49.2 Å². The van der Waals surface area contributed by atoms with Gasteiger partial charge < -0.3 is 14.2 Å². The molecule has 0 saturated carbocycles. The second-order valence-corrected chi connectivity index (χ2v) is 8.56. The van der Waals surface area contributed by atoms with Crippen molar-refractivity contribution in [2.45, 2.75) is 20.4 Å². The number of imidazole rings is 1. The second-order valence-electron chi connectivity index (χ2n) is 8.56. The molecule has 9 nitrogen and oxygen atoms in total. The zero-order chi connectivity index (χ0) is 25.4. The van der Waals surface area contributed by atoms with Gasteiger partial charge in [-0.25, -0.2) is 4.79 Å². The fourth-order valence-electron chi connectivity index (χ4n) is 4.49. The van der Waals surface area contributed by atoms with Crippen LogP contribution in [0.25, 0.3) is 38.8 Å². The summed E-state index contributed by atoms with van der Waals surface area (Å²) >= 11 is 0. The van der Waals surface area contributed by atoms with Crippen LogP contribution in [0.3, 0.4) is 0 Å². The summed E-state index contributed by atoms with van der Waals surface area (Å²) in [6.45, 7) is 5.60. The first kappa shape index (κ1) is 23.6. The van der Waals surface area contributed by atoms with Crippen molar-refractivity contribution in [2.75, 3.05) is 27.4 Å². The molecule has 5 aromatic rings. The van der Waals surface area contributed by atoms with Gasteiger partial charge in [-0.15, -0.1) is 0 Å². The Morgan fingerprint density at radius 2 is 1.78 bits per heavy atom. The van der Waals surface area contributed by atoms with Gasteiger partial charge >= 0.3 is 5.69 Å². The average molecular weight is 488 g/mol. The molecule has 0 aliphatic carbocycles. The van der Waals surface area contributed by atoms with E-state index in [1.165, 1.54) is 0 Å². The van der Waals surface area contributed by atoms with Gasteiger partial charge in [0.1, 0.15) is 6.61 Å². The van der Waals surface area contributed by atoms with E-state index in [0.29, 0.717) is 24.7 Å². The summed E-state index contributed by atoms with van der Waals surface area (Å²) in [6.07, 6.45) is 3.67. The third-order valence-corrected chi connectivity index (χ3v) is 6.41. The molecule has 2 aromatic carbocycles. The maximum atomic E-state index is 13.4. The van der Waals surface area contributed by atoms with Crippen LogP contribution in [0.1, 0.15) is 12.6 Å². The summed E-state index contributed by atoms with van der Waals surface area (Å²) in [6, 6.07) is 11.9. The van der Waals surface area contributed by atoms with E-state index >= 15 is 0 Å². The van der Waals surface area contributed by atoms with Gasteiger partial charge in [0, 0.05) is 32.3 Å². The quantitative estimate of drug-likeness (QED) is 0.306. The summed E-state index contributed by atoms with van der Waals surface area (Å²) in [5, 5.41) is 5.44. The molecular formula is C27H29N5O4. The maximum absolute atomic E-state index is 13.4. The van der Waals surface area contributed by atoms with Gasteiger partial charge in [-0.1, -0.05) is 12.1 Å². The molecule has 9 heteroatoms. The van der Waals surface area contributed by atoms with E-state index in [4.69, 9.17) is 14.2 Å². The monoisotopic (exact) mass is 487 g/mol. The zero-order valence-corrected chi connectivity index (χ0v) is 21.1. The Kier molecular flexibility index (Phi) is 6.24. The number of nitrogens with zero attached hydrogens (tertiary/aromatic N) is 5. The fraction of sp³-hybridized carbons (Fsp3) is 0.296. The Bertz CT molecular complexity index is 1630. The lowest BCUT2D eigenvalue weighted by Crippen LogP contribution is -2.21. The van der Waals surface area contributed by atoms with Gasteiger partial charge in [-0.3, -0.25) is 18.8 Å². The third kappa shape index (κ3) is 3.91. The van der Waals surface area contributed by atoms with E-state index in [0.717, 1.165) is 51.0 Å². The minimum absolute atomic E-state index is 0.136. The highest BCUT2D eigenvalue weighted by molar-refractivity contribution is 6.04. The van der Waals surface area contributed by atoms with E-state index in [-0.39, 0.29) is 5.69 Å². The number of aromatic nitrogens is 5. The van der Waals surface area contributed by atoms with E-state index in [2.05, 4.69) is 16.1 Å². The Morgan fingerprint density at radius 3 is 2.50 bits per heavy atom. The Hall–Kier alpha value is -4.11. The van der Waals surface area contributed by atoms with Crippen LogP contribution in [0, 0.1) is 6.92 Å². The number of rotatable bonds is 8. The molecule has 0 saturated heterocycles. The summed E-state index contributed by atoms with van der Waals surface area (Å²) in [5.74, 6) is 1.29. The lowest BCUT2D eigenvalue weighted by atomic mass is 10.0. The molecule has 0 radical (unpaired) electrons. The van der Waals surface area contributed by atoms with Crippen LogP contribution < -0.4 is 15.2 Å². The van der Waals surface area contributed by atoms with Crippen molar-refractivity contribution >= 4 is 21.9 Å². The molecule has 3 aromatic heterocycles.